The van der Waals surface area contributed by atoms with Crippen LogP contribution in [0.5, 0.6) is 0 Å². The van der Waals surface area contributed by atoms with E-state index in [0.717, 1.165) is 70.6 Å². The van der Waals surface area contributed by atoms with Gasteiger partial charge in [0.1, 0.15) is 6.10 Å². The minimum atomic E-state index is -0.697. The molecule has 0 fully saturated rings. The first-order chi connectivity index (χ1) is 28.1. The predicted octanol–water partition coefficient (Wildman–Crippen LogP) is 18.5. The first-order valence-electron chi connectivity index (χ1n) is 26.2. The molecule has 0 aliphatic heterocycles. The molecule has 1 unspecified atom stereocenters. The van der Waals surface area contributed by atoms with Crippen molar-refractivity contribution in [3.63, 3.8) is 0 Å². The summed E-state index contributed by atoms with van der Waals surface area (Å²) in [6, 6.07) is 0. The first-order valence-corrected chi connectivity index (χ1v) is 26.2. The number of carboxylic acid groups (broad SMARTS) is 1. The minimum absolute atomic E-state index is 0.00385. The van der Waals surface area contributed by atoms with E-state index in [1.807, 2.05) is 0 Å². The van der Waals surface area contributed by atoms with Crippen LogP contribution in [0.4, 0.5) is 0 Å². The van der Waals surface area contributed by atoms with Crippen molar-refractivity contribution < 1.29 is 19.4 Å². The van der Waals surface area contributed by atoms with Gasteiger partial charge in [-0.2, -0.15) is 0 Å². The topological polar surface area (TPSA) is 63.6 Å². The second-order valence-electron chi connectivity index (χ2n) is 18.1. The van der Waals surface area contributed by atoms with Gasteiger partial charge in [0.15, 0.2) is 0 Å². The summed E-state index contributed by atoms with van der Waals surface area (Å²) in [5.41, 5.74) is 0. The lowest BCUT2D eigenvalue weighted by atomic mass is 10.0. The van der Waals surface area contributed by atoms with E-state index < -0.39 is 5.97 Å². The van der Waals surface area contributed by atoms with Gasteiger partial charge in [-0.3, -0.25) is 9.59 Å². The molecule has 0 aromatic rings. The summed E-state index contributed by atoms with van der Waals surface area (Å²) in [6.07, 6.45) is 62.8. The Balaban J connectivity index is 3.85. The molecule has 0 aliphatic rings. The molecule has 4 nitrogen and oxygen atoms in total. The Kier molecular flexibility index (Phi) is 47.9. The van der Waals surface area contributed by atoms with Gasteiger partial charge in [0.25, 0.3) is 0 Å². The van der Waals surface area contributed by atoms with Gasteiger partial charge in [-0.15, -0.1) is 0 Å². The lowest BCUT2D eigenvalue weighted by Gasteiger charge is -2.18. The fourth-order valence-electron chi connectivity index (χ4n) is 8.36. The van der Waals surface area contributed by atoms with Crippen LogP contribution in [-0.4, -0.2) is 23.1 Å². The van der Waals surface area contributed by atoms with Gasteiger partial charge in [-0.25, -0.2) is 0 Å². The second kappa shape index (κ2) is 49.0. The lowest BCUT2D eigenvalue weighted by Crippen LogP contribution is -2.18. The molecule has 0 aliphatic carbocycles. The van der Waals surface area contributed by atoms with Gasteiger partial charge in [0, 0.05) is 12.8 Å². The molecule has 0 bridgehead atoms. The Hall–Kier alpha value is -1.32. The van der Waals surface area contributed by atoms with E-state index in [9.17, 15) is 9.59 Å². The smallest absolute Gasteiger partial charge is 0.306 e. The number of rotatable bonds is 49. The summed E-state index contributed by atoms with van der Waals surface area (Å²) in [6.45, 7) is 4.58. The highest BCUT2D eigenvalue weighted by molar-refractivity contribution is 5.69. The van der Waals surface area contributed by atoms with Crippen LogP contribution >= 0.6 is 0 Å². The lowest BCUT2D eigenvalue weighted by molar-refractivity contribution is -0.150. The fraction of sp³-hybridized carbons (Fsp3) is 0.925. The molecular weight excluding hydrogens is 701 g/mol. The molecule has 0 heterocycles. The molecule has 1 N–H and O–H groups in total. The number of aliphatic carboxylic acids is 1. The molecule has 0 saturated carbocycles. The molecule has 0 aromatic carbocycles. The maximum atomic E-state index is 12.8. The Morgan fingerprint density at radius 3 is 0.965 bits per heavy atom. The van der Waals surface area contributed by atoms with Crippen LogP contribution in [0.25, 0.3) is 0 Å². The van der Waals surface area contributed by atoms with Crippen molar-refractivity contribution in [2.75, 3.05) is 0 Å². The molecule has 57 heavy (non-hydrogen) atoms. The molecule has 0 rings (SSSR count). The number of esters is 1. The Bertz CT molecular complexity index is 822. The van der Waals surface area contributed by atoms with Crippen molar-refractivity contribution in [3.8, 4) is 0 Å². The van der Waals surface area contributed by atoms with E-state index in [2.05, 4.69) is 26.0 Å². The molecule has 0 spiro atoms. The zero-order chi connectivity index (χ0) is 41.4. The van der Waals surface area contributed by atoms with E-state index in [1.54, 1.807) is 0 Å². The highest BCUT2D eigenvalue weighted by atomic mass is 16.5. The number of carbonyl (C=O) groups excluding carboxylic acids is 1. The van der Waals surface area contributed by atoms with Gasteiger partial charge < -0.3 is 9.84 Å². The molecule has 1 atom stereocenters. The summed E-state index contributed by atoms with van der Waals surface area (Å²) >= 11 is 0. The SMILES string of the molecule is CCCCCCCCCC/C=C\CCCCCC(CCCCCCCC(=O)O)OC(=O)CCCCCCCCCCCCCCCCCCCCCCCCCC. The summed E-state index contributed by atoms with van der Waals surface area (Å²) < 4.78 is 6.05. The zero-order valence-corrected chi connectivity index (χ0v) is 38.9. The number of hydrogen-bond donors (Lipinski definition) is 1. The predicted molar refractivity (Wildman–Crippen MR) is 250 cm³/mol. The largest absolute Gasteiger partial charge is 0.481 e. The normalized spacial score (nSPS) is 12.2. The number of allylic oxidation sites excluding steroid dienone is 2. The van der Waals surface area contributed by atoms with E-state index in [-0.39, 0.29) is 18.5 Å². The third-order valence-corrected chi connectivity index (χ3v) is 12.2. The molecule has 338 valence electrons. The number of unbranched alkanes of at least 4 members (excludes halogenated alkanes) is 38. The maximum absolute atomic E-state index is 12.8. The number of carbonyl (C=O) groups is 2. The van der Waals surface area contributed by atoms with Crippen LogP contribution < -0.4 is 0 Å². The molecule has 0 amide bonds. The average Bonchev–Trinajstić information content (AvgIpc) is 3.20. The van der Waals surface area contributed by atoms with Crippen molar-refractivity contribution in [1.29, 1.82) is 0 Å². The molecule has 0 radical (unpaired) electrons. The van der Waals surface area contributed by atoms with E-state index >= 15 is 0 Å². The van der Waals surface area contributed by atoms with Crippen molar-refractivity contribution in [2.45, 2.75) is 315 Å². The fourth-order valence-corrected chi connectivity index (χ4v) is 8.36. The third kappa shape index (κ3) is 48.9. The van der Waals surface area contributed by atoms with Gasteiger partial charge in [0.05, 0.1) is 0 Å². The van der Waals surface area contributed by atoms with Gasteiger partial charge in [-0.05, 0) is 64.2 Å². The molecular formula is C53H102O4. The summed E-state index contributed by atoms with van der Waals surface area (Å²) in [5.74, 6) is -0.694. The van der Waals surface area contributed by atoms with Gasteiger partial charge >= 0.3 is 11.9 Å². The van der Waals surface area contributed by atoms with Crippen molar-refractivity contribution in [3.05, 3.63) is 12.2 Å². The molecule has 0 aromatic heterocycles. The van der Waals surface area contributed by atoms with Crippen LogP contribution in [0.1, 0.15) is 309 Å². The number of ether oxygens (including phenoxy) is 1. The van der Waals surface area contributed by atoms with Gasteiger partial charge in [0.2, 0.25) is 0 Å². The number of hydrogen-bond acceptors (Lipinski definition) is 3. The van der Waals surface area contributed by atoms with Crippen LogP contribution in [0.2, 0.25) is 0 Å². The average molecular weight is 803 g/mol. The molecule has 4 heteroatoms. The minimum Gasteiger partial charge on any atom is -0.481 e. The van der Waals surface area contributed by atoms with Crippen LogP contribution in [-0.2, 0) is 14.3 Å². The Morgan fingerprint density at radius 2 is 0.632 bits per heavy atom. The quantitative estimate of drug-likeness (QED) is 0.0378. The van der Waals surface area contributed by atoms with Crippen LogP contribution in [0.3, 0.4) is 0 Å². The van der Waals surface area contributed by atoms with Crippen molar-refractivity contribution >= 4 is 11.9 Å². The zero-order valence-electron chi connectivity index (χ0n) is 38.9. The highest BCUT2D eigenvalue weighted by Gasteiger charge is 2.14. The van der Waals surface area contributed by atoms with E-state index in [1.165, 1.54) is 212 Å². The Labute approximate surface area is 357 Å². The number of carboxylic acids is 1. The summed E-state index contributed by atoms with van der Waals surface area (Å²) in [7, 11) is 0. The Morgan fingerprint density at radius 1 is 0.368 bits per heavy atom. The third-order valence-electron chi connectivity index (χ3n) is 12.2. The van der Waals surface area contributed by atoms with Gasteiger partial charge in [-0.1, -0.05) is 244 Å². The van der Waals surface area contributed by atoms with E-state index in [4.69, 9.17) is 9.84 Å². The van der Waals surface area contributed by atoms with Crippen LogP contribution in [0.15, 0.2) is 12.2 Å². The van der Waals surface area contributed by atoms with E-state index in [0.29, 0.717) is 6.42 Å². The standard InChI is InChI=1S/C53H102O4/c1-3-5-7-9-11-13-15-17-19-20-21-22-23-24-25-26-27-29-31-33-35-37-42-46-50-53(56)57-51(48-44-40-38-41-45-49-52(54)55)47-43-39-36-34-32-30-28-18-16-14-12-10-8-6-4-2/h30,32,51H,3-29,31,33-50H2,1-2H3,(H,54,55)/b32-30-. The highest BCUT2D eigenvalue weighted by Crippen LogP contribution is 2.20. The second-order valence-corrected chi connectivity index (χ2v) is 18.1. The van der Waals surface area contributed by atoms with Crippen LogP contribution in [0, 0.1) is 0 Å². The van der Waals surface area contributed by atoms with Crippen molar-refractivity contribution in [2.24, 2.45) is 0 Å². The summed E-state index contributed by atoms with van der Waals surface area (Å²) in [5, 5.41) is 8.87. The first kappa shape index (κ1) is 55.7. The van der Waals surface area contributed by atoms with Crippen molar-refractivity contribution in [1.82, 2.24) is 0 Å². The summed E-state index contributed by atoms with van der Waals surface area (Å²) in [4.78, 5) is 23.6. The monoisotopic (exact) mass is 803 g/mol. The molecule has 0 saturated heterocycles. The maximum Gasteiger partial charge on any atom is 0.306 e.